The van der Waals surface area contributed by atoms with Gasteiger partial charge >= 0.3 is 0 Å². The van der Waals surface area contributed by atoms with Crippen molar-refractivity contribution in [1.82, 2.24) is 15.1 Å². The molecule has 2 amide bonds. The highest BCUT2D eigenvalue weighted by Gasteiger charge is 2.48. The Labute approximate surface area is 127 Å². The van der Waals surface area contributed by atoms with E-state index in [2.05, 4.69) is 17.1 Å². The largest absolute Gasteiger partial charge is 0.340 e. The first-order valence-electron chi connectivity index (χ1n) is 8.46. The van der Waals surface area contributed by atoms with Gasteiger partial charge in [-0.05, 0) is 51.2 Å². The van der Waals surface area contributed by atoms with Crippen LogP contribution in [0.25, 0.3) is 0 Å². The standard InChI is InChI=1S/C16H27N3O2/c1-2-18-9-5-13(6-10-18)11-19-12-14(20)17-16(15(19)21)7-3-4-8-16/h13H,2-12H2,1H3,(H,17,20). The van der Waals surface area contributed by atoms with E-state index in [4.69, 9.17) is 0 Å². The van der Waals surface area contributed by atoms with Gasteiger partial charge in [-0.25, -0.2) is 0 Å². The summed E-state index contributed by atoms with van der Waals surface area (Å²) >= 11 is 0. The van der Waals surface area contributed by atoms with Crippen LogP contribution in [0.1, 0.15) is 45.4 Å². The van der Waals surface area contributed by atoms with Crippen molar-refractivity contribution in [3.63, 3.8) is 0 Å². The number of piperazine rings is 1. The SMILES string of the molecule is CCN1CCC(CN2CC(=O)NC3(CCCC3)C2=O)CC1. The fraction of sp³-hybridized carbons (Fsp3) is 0.875. The molecule has 0 radical (unpaired) electrons. The molecule has 2 heterocycles. The molecule has 0 unspecified atom stereocenters. The highest BCUT2D eigenvalue weighted by atomic mass is 16.2. The number of amides is 2. The molecule has 1 saturated carbocycles. The zero-order valence-electron chi connectivity index (χ0n) is 13.1. The highest BCUT2D eigenvalue weighted by molar-refractivity contribution is 5.98. The maximum atomic E-state index is 12.8. The van der Waals surface area contributed by atoms with Crippen LogP contribution in [-0.2, 0) is 9.59 Å². The van der Waals surface area contributed by atoms with Crippen molar-refractivity contribution in [3.05, 3.63) is 0 Å². The molecule has 1 spiro atoms. The number of nitrogens with one attached hydrogen (secondary N) is 1. The smallest absolute Gasteiger partial charge is 0.248 e. The zero-order chi connectivity index (χ0) is 14.9. The molecule has 21 heavy (non-hydrogen) atoms. The van der Waals surface area contributed by atoms with Crippen molar-refractivity contribution in [3.8, 4) is 0 Å². The van der Waals surface area contributed by atoms with Gasteiger partial charge in [0.15, 0.2) is 0 Å². The summed E-state index contributed by atoms with van der Waals surface area (Å²) < 4.78 is 0. The lowest BCUT2D eigenvalue weighted by atomic mass is 9.90. The van der Waals surface area contributed by atoms with E-state index in [1.54, 1.807) is 0 Å². The lowest BCUT2D eigenvalue weighted by molar-refractivity contribution is -0.150. The monoisotopic (exact) mass is 293 g/mol. The van der Waals surface area contributed by atoms with Gasteiger partial charge in [0.25, 0.3) is 0 Å². The molecular formula is C16H27N3O2. The van der Waals surface area contributed by atoms with Crippen LogP contribution < -0.4 is 5.32 Å². The van der Waals surface area contributed by atoms with Crippen molar-refractivity contribution in [1.29, 1.82) is 0 Å². The summed E-state index contributed by atoms with van der Waals surface area (Å²) in [4.78, 5) is 29.1. The highest BCUT2D eigenvalue weighted by Crippen LogP contribution is 2.34. The van der Waals surface area contributed by atoms with Gasteiger partial charge in [-0.1, -0.05) is 19.8 Å². The molecule has 3 rings (SSSR count). The molecule has 2 aliphatic heterocycles. The van der Waals surface area contributed by atoms with Gasteiger partial charge in [0, 0.05) is 6.54 Å². The van der Waals surface area contributed by atoms with E-state index in [9.17, 15) is 9.59 Å². The molecule has 118 valence electrons. The third-order valence-corrected chi connectivity index (χ3v) is 5.50. The first kappa shape index (κ1) is 14.8. The van der Waals surface area contributed by atoms with E-state index < -0.39 is 5.54 Å². The number of hydrogen-bond donors (Lipinski definition) is 1. The van der Waals surface area contributed by atoms with Gasteiger partial charge in [0.2, 0.25) is 11.8 Å². The molecule has 0 bridgehead atoms. The van der Waals surface area contributed by atoms with E-state index in [1.165, 1.54) is 0 Å². The zero-order valence-corrected chi connectivity index (χ0v) is 13.1. The summed E-state index contributed by atoms with van der Waals surface area (Å²) in [6.07, 6.45) is 6.03. The molecule has 3 aliphatic rings. The molecule has 2 saturated heterocycles. The van der Waals surface area contributed by atoms with Gasteiger partial charge in [-0.2, -0.15) is 0 Å². The van der Waals surface area contributed by atoms with Crippen molar-refractivity contribution in [2.24, 2.45) is 5.92 Å². The lowest BCUT2D eigenvalue weighted by Gasteiger charge is -2.42. The first-order valence-corrected chi connectivity index (χ1v) is 8.46. The maximum Gasteiger partial charge on any atom is 0.248 e. The molecule has 5 nitrogen and oxygen atoms in total. The van der Waals surface area contributed by atoms with E-state index in [-0.39, 0.29) is 18.4 Å². The lowest BCUT2D eigenvalue weighted by Crippen LogP contribution is -2.66. The van der Waals surface area contributed by atoms with Crippen LogP contribution in [0.15, 0.2) is 0 Å². The van der Waals surface area contributed by atoms with E-state index in [1.807, 2.05) is 4.90 Å². The molecule has 0 atom stereocenters. The Morgan fingerprint density at radius 1 is 1.19 bits per heavy atom. The van der Waals surface area contributed by atoms with E-state index in [0.29, 0.717) is 5.92 Å². The molecule has 0 aromatic heterocycles. The first-order chi connectivity index (χ1) is 10.1. The molecular weight excluding hydrogens is 266 g/mol. The molecule has 0 aromatic carbocycles. The van der Waals surface area contributed by atoms with E-state index in [0.717, 1.165) is 64.7 Å². The van der Waals surface area contributed by atoms with Crippen LogP contribution in [0.3, 0.4) is 0 Å². The predicted molar refractivity (Wildman–Crippen MR) is 80.8 cm³/mol. The summed E-state index contributed by atoms with van der Waals surface area (Å²) in [6, 6.07) is 0. The van der Waals surface area contributed by atoms with Crippen molar-refractivity contribution in [2.45, 2.75) is 51.0 Å². The minimum Gasteiger partial charge on any atom is -0.340 e. The van der Waals surface area contributed by atoms with Crippen LogP contribution in [0, 0.1) is 5.92 Å². The molecule has 1 N–H and O–H groups in total. The number of piperidine rings is 1. The number of nitrogens with zero attached hydrogens (tertiary/aromatic N) is 2. The van der Waals surface area contributed by atoms with Gasteiger partial charge in [-0.15, -0.1) is 0 Å². The van der Waals surface area contributed by atoms with Gasteiger partial charge in [0.05, 0.1) is 6.54 Å². The molecule has 5 heteroatoms. The average Bonchev–Trinajstić information content (AvgIpc) is 2.94. The Morgan fingerprint density at radius 3 is 2.48 bits per heavy atom. The van der Waals surface area contributed by atoms with Crippen molar-refractivity contribution < 1.29 is 9.59 Å². The Morgan fingerprint density at radius 2 is 1.86 bits per heavy atom. The minimum absolute atomic E-state index is 0.0301. The van der Waals surface area contributed by atoms with Crippen LogP contribution in [-0.4, -0.2) is 59.9 Å². The quantitative estimate of drug-likeness (QED) is 0.844. The van der Waals surface area contributed by atoms with Crippen LogP contribution in [0.2, 0.25) is 0 Å². The second kappa shape index (κ2) is 5.95. The third-order valence-electron chi connectivity index (χ3n) is 5.50. The van der Waals surface area contributed by atoms with Gasteiger partial charge in [0.1, 0.15) is 5.54 Å². The van der Waals surface area contributed by atoms with Crippen molar-refractivity contribution >= 4 is 11.8 Å². The average molecular weight is 293 g/mol. The summed E-state index contributed by atoms with van der Waals surface area (Å²) in [5, 5.41) is 2.99. The summed E-state index contributed by atoms with van der Waals surface area (Å²) in [5.41, 5.74) is -0.556. The molecule has 1 aliphatic carbocycles. The number of rotatable bonds is 3. The molecule has 3 fully saturated rings. The summed E-state index contributed by atoms with van der Waals surface area (Å²) in [5.74, 6) is 0.765. The Hall–Kier alpha value is -1.10. The fourth-order valence-electron chi connectivity index (χ4n) is 4.17. The van der Waals surface area contributed by atoms with Crippen LogP contribution >= 0.6 is 0 Å². The summed E-state index contributed by atoms with van der Waals surface area (Å²) in [6.45, 7) is 6.59. The topological polar surface area (TPSA) is 52.6 Å². The summed E-state index contributed by atoms with van der Waals surface area (Å²) in [7, 11) is 0. The van der Waals surface area contributed by atoms with Gasteiger partial charge in [-0.3, -0.25) is 9.59 Å². The second-order valence-corrected chi connectivity index (χ2v) is 6.90. The minimum atomic E-state index is -0.556. The molecule has 0 aromatic rings. The number of likely N-dealkylation sites (tertiary alicyclic amines) is 1. The Bertz CT molecular complexity index is 410. The number of hydrogen-bond acceptors (Lipinski definition) is 3. The predicted octanol–water partition coefficient (Wildman–Crippen LogP) is 0.989. The third kappa shape index (κ3) is 2.93. The van der Waals surface area contributed by atoms with E-state index >= 15 is 0 Å². The maximum absolute atomic E-state index is 12.8. The van der Waals surface area contributed by atoms with Crippen LogP contribution in [0.5, 0.6) is 0 Å². The fourth-order valence-corrected chi connectivity index (χ4v) is 4.17. The number of carbonyl (C=O) groups is 2. The second-order valence-electron chi connectivity index (χ2n) is 6.90. The normalized spacial score (nSPS) is 27.4. The number of carbonyl (C=O) groups excluding carboxylic acids is 2. The van der Waals surface area contributed by atoms with Crippen LogP contribution in [0.4, 0.5) is 0 Å². The Balaban J connectivity index is 1.62. The van der Waals surface area contributed by atoms with Crippen molar-refractivity contribution in [2.75, 3.05) is 32.7 Å². The van der Waals surface area contributed by atoms with Gasteiger partial charge < -0.3 is 15.1 Å². The Kier molecular flexibility index (Phi) is 4.20.